The Labute approximate surface area is 192 Å². The predicted octanol–water partition coefficient (Wildman–Crippen LogP) is 3.37. The maximum atomic E-state index is 13.0. The molecule has 1 aliphatic rings. The molecule has 2 N–H and O–H groups in total. The summed E-state index contributed by atoms with van der Waals surface area (Å²) in [6.45, 7) is 5.00. The quantitative estimate of drug-likeness (QED) is 0.545. The zero-order valence-corrected chi connectivity index (χ0v) is 19.0. The molecule has 1 fully saturated rings. The van der Waals surface area contributed by atoms with Crippen LogP contribution in [-0.2, 0) is 16.0 Å². The fourth-order valence-electron chi connectivity index (χ4n) is 4.07. The molecule has 1 atom stereocenters. The van der Waals surface area contributed by atoms with E-state index in [9.17, 15) is 14.4 Å². The Balaban J connectivity index is 1.43. The van der Waals surface area contributed by atoms with Crippen molar-refractivity contribution >= 4 is 23.5 Å². The van der Waals surface area contributed by atoms with E-state index in [4.69, 9.17) is 0 Å². The lowest BCUT2D eigenvalue weighted by Gasteiger charge is -2.21. The maximum absolute atomic E-state index is 13.0. The Kier molecular flexibility index (Phi) is 6.00. The van der Waals surface area contributed by atoms with Crippen LogP contribution in [0, 0.1) is 13.8 Å². The van der Waals surface area contributed by atoms with Crippen molar-refractivity contribution in [1.82, 2.24) is 20.0 Å². The van der Waals surface area contributed by atoms with Gasteiger partial charge in [0.1, 0.15) is 12.1 Å². The van der Waals surface area contributed by atoms with Crippen molar-refractivity contribution in [2.75, 3.05) is 11.9 Å². The van der Waals surface area contributed by atoms with Crippen LogP contribution in [0.25, 0.3) is 5.69 Å². The maximum Gasteiger partial charge on any atom is 0.325 e. The van der Waals surface area contributed by atoms with Crippen LogP contribution in [0.15, 0.2) is 60.7 Å². The summed E-state index contributed by atoms with van der Waals surface area (Å²) in [5.41, 5.74) is 2.89. The van der Waals surface area contributed by atoms with Gasteiger partial charge < -0.3 is 10.6 Å². The second-order valence-electron chi connectivity index (χ2n) is 8.48. The minimum atomic E-state index is -1.04. The number of hydrogen-bond acceptors (Lipinski definition) is 4. The Morgan fingerprint density at radius 2 is 1.67 bits per heavy atom. The molecule has 2 heterocycles. The van der Waals surface area contributed by atoms with Crippen LogP contribution in [0.2, 0.25) is 0 Å². The summed E-state index contributed by atoms with van der Waals surface area (Å²) < 4.78 is 1.75. The van der Waals surface area contributed by atoms with Gasteiger partial charge in [-0.25, -0.2) is 9.48 Å². The molecule has 0 saturated carbocycles. The molecule has 8 nitrogen and oxygen atoms in total. The zero-order valence-electron chi connectivity index (χ0n) is 19.0. The minimum absolute atomic E-state index is 0.360. The first kappa shape index (κ1) is 22.3. The van der Waals surface area contributed by atoms with E-state index in [0.29, 0.717) is 24.2 Å². The average molecular weight is 446 g/mol. The zero-order chi connectivity index (χ0) is 23.6. The number of benzene rings is 2. The summed E-state index contributed by atoms with van der Waals surface area (Å²) in [5, 5.41) is 10.1. The average Bonchev–Trinajstić information content (AvgIpc) is 3.21. The highest BCUT2D eigenvalue weighted by atomic mass is 16.2. The number of rotatable bonds is 7. The lowest BCUT2D eigenvalue weighted by atomic mass is 9.93. The van der Waals surface area contributed by atoms with Gasteiger partial charge in [0.25, 0.3) is 5.91 Å². The highest BCUT2D eigenvalue weighted by Gasteiger charge is 2.47. The SMILES string of the molecule is Cc1nn(-c2ccccc2)c(C)c1NC(=O)CN1C(=O)N[C@](C)(CCc2ccccc2)C1=O. The second kappa shape index (κ2) is 8.90. The van der Waals surface area contributed by atoms with Gasteiger partial charge in [-0.1, -0.05) is 48.5 Å². The molecule has 0 bridgehead atoms. The third-order valence-electron chi connectivity index (χ3n) is 5.96. The van der Waals surface area contributed by atoms with Crippen molar-refractivity contribution in [3.8, 4) is 5.69 Å². The molecule has 3 aromatic rings. The summed E-state index contributed by atoms with van der Waals surface area (Å²) in [6.07, 6.45) is 1.09. The number of aromatic nitrogens is 2. The molecule has 2 aromatic carbocycles. The van der Waals surface area contributed by atoms with Crippen LogP contribution >= 0.6 is 0 Å². The van der Waals surface area contributed by atoms with Crippen molar-refractivity contribution < 1.29 is 14.4 Å². The molecular weight excluding hydrogens is 418 g/mol. The number of amides is 4. The molecule has 0 spiro atoms. The molecular formula is C25H27N5O3. The minimum Gasteiger partial charge on any atom is -0.323 e. The fourth-order valence-corrected chi connectivity index (χ4v) is 4.07. The van der Waals surface area contributed by atoms with Gasteiger partial charge in [0, 0.05) is 0 Å². The third kappa shape index (κ3) is 4.50. The summed E-state index contributed by atoms with van der Waals surface area (Å²) in [5.74, 6) is -0.850. The molecule has 33 heavy (non-hydrogen) atoms. The normalized spacial score (nSPS) is 17.8. The van der Waals surface area contributed by atoms with E-state index in [1.54, 1.807) is 18.5 Å². The van der Waals surface area contributed by atoms with Crippen molar-refractivity contribution in [1.29, 1.82) is 0 Å². The van der Waals surface area contributed by atoms with E-state index < -0.39 is 23.4 Å². The molecule has 4 rings (SSSR count). The van der Waals surface area contributed by atoms with Crippen LogP contribution in [0.4, 0.5) is 10.5 Å². The van der Waals surface area contributed by atoms with E-state index in [0.717, 1.165) is 21.8 Å². The molecule has 8 heteroatoms. The summed E-state index contributed by atoms with van der Waals surface area (Å²) >= 11 is 0. The Bertz CT molecular complexity index is 1190. The highest BCUT2D eigenvalue weighted by molar-refractivity contribution is 6.10. The van der Waals surface area contributed by atoms with Crippen LogP contribution < -0.4 is 10.6 Å². The van der Waals surface area contributed by atoms with Crippen molar-refractivity contribution in [2.45, 2.75) is 39.2 Å². The van der Waals surface area contributed by atoms with Gasteiger partial charge >= 0.3 is 6.03 Å². The van der Waals surface area contributed by atoms with Crippen molar-refractivity contribution in [3.05, 3.63) is 77.6 Å². The van der Waals surface area contributed by atoms with E-state index in [2.05, 4.69) is 15.7 Å². The van der Waals surface area contributed by atoms with E-state index in [1.807, 2.05) is 67.6 Å². The van der Waals surface area contributed by atoms with Gasteiger partial charge in [-0.15, -0.1) is 0 Å². The third-order valence-corrected chi connectivity index (χ3v) is 5.96. The number of nitrogens with one attached hydrogen (secondary N) is 2. The number of urea groups is 1. The lowest BCUT2D eigenvalue weighted by molar-refractivity contribution is -0.133. The standard InChI is InChI=1S/C25H27N5O3/c1-17-22(18(2)30(28-17)20-12-8-5-9-13-20)26-21(31)16-29-23(32)25(3,27-24(29)33)15-14-19-10-6-4-7-11-19/h4-13H,14-16H2,1-3H3,(H,26,31)(H,27,33)/t25-/m1/s1. The van der Waals surface area contributed by atoms with E-state index in [1.165, 1.54) is 0 Å². The molecule has 1 saturated heterocycles. The first-order valence-electron chi connectivity index (χ1n) is 10.9. The molecule has 1 aromatic heterocycles. The summed E-state index contributed by atoms with van der Waals surface area (Å²) in [4.78, 5) is 39.3. The van der Waals surface area contributed by atoms with Gasteiger partial charge in [-0.3, -0.25) is 14.5 Å². The first-order chi connectivity index (χ1) is 15.8. The predicted molar refractivity (Wildman–Crippen MR) is 125 cm³/mol. The molecule has 0 radical (unpaired) electrons. The van der Waals surface area contributed by atoms with Gasteiger partial charge in [-0.2, -0.15) is 5.10 Å². The smallest absolute Gasteiger partial charge is 0.323 e. The highest BCUT2D eigenvalue weighted by Crippen LogP contribution is 2.25. The molecule has 0 aliphatic carbocycles. The number of imide groups is 1. The van der Waals surface area contributed by atoms with Crippen LogP contribution in [0.1, 0.15) is 30.3 Å². The molecule has 0 unspecified atom stereocenters. The summed E-state index contributed by atoms with van der Waals surface area (Å²) in [7, 11) is 0. The van der Waals surface area contributed by atoms with Crippen LogP contribution in [0.3, 0.4) is 0 Å². The lowest BCUT2D eigenvalue weighted by Crippen LogP contribution is -2.45. The van der Waals surface area contributed by atoms with Crippen LogP contribution in [0.5, 0.6) is 0 Å². The Morgan fingerprint density at radius 3 is 2.33 bits per heavy atom. The van der Waals surface area contributed by atoms with Crippen molar-refractivity contribution in [2.24, 2.45) is 0 Å². The number of carbonyl (C=O) groups excluding carboxylic acids is 3. The topological polar surface area (TPSA) is 96.3 Å². The number of hydrogen-bond donors (Lipinski definition) is 2. The van der Waals surface area contributed by atoms with Gasteiger partial charge in [0.05, 0.1) is 22.8 Å². The van der Waals surface area contributed by atoms with Gasteiger partial charge in [0.15, 0.2) is 0 Å². The number of nitrogens with zero attached hydrogens (tertiary/aromatic N) is 3. The first-order valence-corrected chi connectivity index (χ1v) is 10.9. The van der Waals surface area contributed by atoms with Gasteiger partial charge in [0.2, 0.25) is 5.91 Å². The van der Waals surface area contributed by atoms with Crippen molar-refractivity contribution in [3.63, 3.8) is 0 Å². The molecule has 1 aliphatic heterocycles. The van der Waals surface area contributed by atoms with E-state index in [-0.39, 0.29) is 6.54 Å². The molecule has 4 amide bonds. The van der Waals surface area contributed by atoms with E-state index >= 15 is 0 Å². The van der Waals surface area contributed by atoms with Crippen LogP contribution in [-0.4, -0.2) is 44.6 Å². The second-order valence-corrected chi connectivity index (χ2v) is 8.48. The number of carbonyl (C=O) groups is 3. The summed E-state index contributed by atoms with van der Waals surface area (Å²) in [6, 6.07) is 18.8. The Hall–Kier alpha value is -3.94. The number of anilines is 1. The number of aryl methyl sites for hydroxylation is 2. The largest absolute Gasteiger partial charge is 0.325 e. The van der Waals surface area contributed by atoms with Gasteiger partial charge in [-0.05, 0) is 51.3 Å². The Morgan fingerprint density at radius 1 is 1.03 bits per heavy atom. The molecule has 170 valence electrons. The number of para-hydroxylation sites is 1. The fraction of sp³-hybridized carbons (Fsp3) is 0.280. The monoisotopic (exact) mass is 445 g/mol.